The standard InChI is InChI=1S/C26H40N2O/c1-17-14-27-28(15-17)16-18(2)23-7-8-24-22-6-5-19-13-25(3,29)11-9-20(19)21(22)10-12-26(23,24)4/h14-15,19-24,29H,2,5-13,16H2,1,3-4H3/t19-,20+,21-,22-,23-,24+,25-,26-/m1/s1. The highest BCUT2D eigenvalue weighted by Crippen LogP contribution is 2.65. The average molecular weight is 397 g/mol. The Kier molecular flexibility index (Phi) is 4.77. The molecule has 5 rings (SSSR count). The average Bonchev–Trinajstić information content (AvgIpc) is 3.22. The fourth-order valence-corrected chi connectivity index (χ4v) is 8.62. The molecule has 4 saturated carbocycles. The molecule has 1 aromatic rings. The Morgan fingerprint density at radius 1 is 1.10 bits per heavy atom. The minimum absolute atomic E-state index is 0.405. The molecule has 0 unspecified atom stereocenters. The quantitative estimate of drug-likeness (QED) is 0.659. The van der Waals surface area contributed by atoms with E-state index in [1.165, 1.54) is 56.1 Å². The van der Waals surface area contributed by atoms with Gasteiger partial charge in [0, 0.05) is 6.20 Å². The van der Waals surface area contributed by atoms with Crippen LogP contribution in [0.5, 0.6) is 0 Å². The second-order valence-electron chi connectivity index (χ2n) is 11.7. The zero-order valence-electron chi connectivity index (χ0n) is 18.7. The first-order valence-electron chi connectivity index (χ1n) is 12.2. The highest BCUT2D eigenvalue weighted by molar-refractivity contribution is 5.16. The molecule has 8 atom stereocenters. The van der Waals surface area contributed by atoms with Crippen molar-refractivity contribution in [2.45, 2.75) is 90.7 Å². The summed E-state index contributed by atoms with van der Waals surface area (Å²) in [6.45, 7) is 12.2. The van der Waals surface area contributed by atoms with Gasteiger partial charge in [-0.15, -0.1) is 0 Å². The fraction of sp³-hybridized carbons (Fsp3) is 0.808. The van der Waals surface area contributed by atoms with Crippen molar-refractivity contribution in [2.75, 3.05) is 0 Å². The largest absolute Gasteiger partial charge is 0.390 e. The van der Waals surface area contributed by atoms with Crippen molar-refractivity contribution in [3.63, 3.8) is 0 Å². The number of hydrogen-bond acceptors (Lipinski definition) is 2. The Balaban J connectivity index is 1.31. The van der Waals surface area contributed by atoms with Crippen LogP contribution in [0.4, 0.5) is 0 Å². The molecule has 0 saturated heterocycles. The molecule has 4 aliphatic rings. The van der Waals surface area contributed by atoms with Gasteiger partial charge < -0.3 is 5.11 Å². The van der Waals surface area contributed by atoms with Crippen molar-refractivity contribution in [1.82, 2.24) is 9.78 Å². The van der Waals surface area contributed by atoms with Gasteiger partial charge in [-0.1, -0.05) is 19.1 Å². The van der Waals surface area contributed by atoms with Crippen molar-refractivity contribution < 1.29 is 5.11 Å². The molecule has 0 aliphatic heterocycles. The summed E-state index contributed by atoms with van der Waals surface area (Å²) in [6, 6.07) is 0. The highest BCUT2D eigenvalue weighted by atomic mass is 16.3. The van der Waals surface area contributed by atoms with Crippen LogP contribution in [0.3, 0.4) is 0 Å². The van der Waals surface area contributed by atoms with Crippen LogP contribution in [0.1, 0.15) is 77.2 Å². The van der Waals surface area contributed by atoms with Crippen molar-refractivity contribution in [3.05, 3.63) is 30.1 Å². The maximum absolute atomic E-state index is 10.6. The minimum atomic E-state index is -0.405. The highest BCUT2D eigenvalue weighted by Gasteiger charge is 2.57. The van der Waals surface area contributed by atoms with E-state index in [9.17, 15) is 5.11 Å². The molecule has 0 aromatic carbocycles. The summed E-state index contributed by atoms with van der Waals surface area (Å²) >= 11 is 0. The number of aliphatic hydroxyl groups is 1. The predicted molar refractivity (Wildman–Crippen MR) is 117 cm³/mol. The topological polar surface area (TPSA) is 38.0 Å². The van der Waals surface area contributed by atoms with E-state index in [1.54, 1.807) is 0 Å². The molecule has 1 N–H and O–H groups in total. The van der Waals surface area contributed by atoms with Gasteiger partial charge in [-0.2, -0.15) is 5.10 Å². The lowest BCUT2D eigenvalue weighted by Gasteiger charge is -2.57. The zero-order chi connectivity index (χ0) is 20.4. The van der Waals surface area contributed by atoms with Gasteiger partial charge in [0.25, 0.3) is 0 Å². The van der Waals surface area contributed by atoms with E-state index in [2.05, 4.69) is 43.3 Å². The third-order valence-electron chi connectivity index (χ3n) is 9.86. The zero-order valence-corrected chi connectivity index (χ0v) is 18.7. The van der Waals surface area contributed by atoms with E-state index in [0.29, 0.717) is 11.3 Å². The van der Waals surface area contributed by atoms with Gasteiger partial charge in [0.15, 0.2) is 0 Å². The molecule has 29 heavy (non-hydrogen) atoms. The van der Waals surface area contributed by atoms with E-state index >= 15 is 0 Å². The van der Waals surface area contributed by atoms with Crippen LogP contribution in [0, 0.1) is 47.8 Å². The first-order chi connectivity index (χ1) is 13.8. The summed E-state index contributed by atoms with van der Waals surface area (Å²) in [5, 5.41) is 15.1. The van der Waals surface area contributed by atoms with Gasteiger partial charge >= 0.3 is 0 Å². The normalized spacial score (nSPS) is 46.6. The molecule has 4 fully saturated rings. The van der Waals surface area contributed by atoms with Crippen LogP contribution in [0.25, 0.3) is 0 Å². The van der Waals surface area contributed by atoms with Crippen LogP contribution in [0.2, 0.25) is 0 Å². The smallest absolute Gasteiger partial charge is 0.0622 e. The molecule has 1 heterocycles. The molecule has 3 nitrogen and oxygen atoms in total. The molecule has 4 aliphatic carbocycles. The number of nitrogens with zero attached hydrogens (tertiary/aromatic N) is 2. The second-order valence-corrected chi connectivity index (χ2v) is 11.7. The van der Waals surface area contributed by atoms with Gasteiger partial charge in [-0.05, 0) is 118 Å². The van der Waals surface area contributed by atoms with Crippen LogP contribution < -0.4 is 0 Å². The number of rotatable bonds is 3. The molecule has 0 spiro atoms. The number of aromatic nitrogens is 2. The van der Waals surface area contributed by atoms with Gasteiger partial charge in [0.2, 0.25) is 0 Å². The fourth-order valence-electron chi connectivity index (χ4n) is 8.62. The van der Waals surface area contributed by atoms with E-state index in [1.807, 2.05) is 6.20 Å². The Labute approximate surface area is 177 Å². The third kappa shape index (κ3) is 3.32. The van der Waals surface area contributed by atoms with Crippen molar-refractivity contribution >= 4 is 0 Å². The SMILES string of the molecule is C=C(Cn1cc(C)cn1)[C@H]1CC[C@H]2[C@@H]3CC[C@@H]4C[C@](C)(O)CC[C@@H]4[C@H]3CC[C@]12C. The Hall–Kier alpha value is -1.09. The molecular weight excluding hydrogens is 356 g/mol. The lowest BCUT2D eigenvalue weighted by molar-refractivity contribution is -0.0979. The molecule has 0 radical (unpaired) electrons. The molecule has 1 aromatic heterocycles. The lowest BCUT2D eigenvalue weighted by atomic mass is 9.49. The van der Waals surface area contributed by atoms with E-state index in [4.69, 9.17) is 0 Å². The van der Waals surface area contributed by atoms with E-state index in [0.717, 1.165) is 49.0 Å². The summed E-state index contributed by atoms with van der Waals surface area (Å²) in [6.07, 6.45) is 15.7. The van der Waals surface area contributed by atoms with E-state index < -0.39 is 5.60 Å². The Morgan fingerprint density at radius 2 is 1.90 bits per heavy atom. The number of allylic oxidation sites excluding steroid dienone is 1. The Morgan fingerprint density at radius 3 is 2.66 bits per heavy atom. The van der Waals surface area contributed by atoms with E-state index in [-0.39, 0.29) is 0 Å². The maximum atomic E-state index is 10.6. The van der Waals surface area contributed by atoms with Crippen LogP contribution in [-0.2, 0) is 6.54 Å². The van der Waals surface area contributed by atoms with Crippen molar-refractivity contribution in [1.29, 1.82) is 0 Å². The monoisotopic (exact) mass is 396 g/mol. The molecule has 3 heteroatoms. The lowest BCUT2D eigenvalue weighted by Crippen LogP contribution is -2.50. The first-order valence-corrected chi connectivity index (χ1v) is 12.2. The van der Waals surface area contributed by atoms with Crippen LogP contribution >= 0.6 is 0 Å². The predicted octanol–water partition coefficient (Wildman–Crippen LogP) is 5.77. The summed E-state index contributed by atoms with van der Waals surface area (Å²) in [7, 11) is 0. The van der Waals surface area contributed by atoms with Crippen molar-refractivity contribution in [3.8, 4) is 0 Å². The number of hydrogen-bond donors (Lipinski definition) is 1. The third-order valence-corrected chi connectivity index (χ3v) is 9.86. The molecular formula is C26H40N2O. The molecule has 0 bridgehead atoms. The van der Waals surface area contributed by atoms with Gasteiger partial charge in [0.1, 0.15) is 0 Å². The van der Waals surface area contributed by atoms with Crippen molar-refractivity contribution in [2.24, 2.45) is 40.9 Å². The van der Waals surface area contributed by atoms with Crippen LogP contribution in [0.15, 0.2) is 24.5 Å². The number of aryl methyl sites for hydroxylation is 1. The summed E-state index contributed by atoms with van der Waals surface area (Å²) < 4.78 is 2.08. The molecule has 0 amide bonds. The second kappa shape index (κ2) is 6.97. The summed E-state index contributed by atoms with van der Waals surface area (Å²) in [5.74, 6) is 5.03. The van der Waals surface area contributed by atoms with Gasteiger partial charge in [-0.25, -0.2) is 0 Å². The minimum Gasteiger partial charge on any atom is -0.390 e. The van der Waals surface area contributed by atoms with Gasteiger partial charge in [-0.3, -0.25) is 4.68 Å². The van der Waals surface area contributed by atoms with Crippen LogP contribution in [-0.4, -0.2) is 20.5 Å². The number of fused-ring (bicyclic) bond motifs is 5. The Bertz CT molecular complexity index is 779. The molecule has 160 valence electrons. The first kappa shape index (κ1) is 19.8. The maximum Gasteiger partial charge on any atom is 0.0622 e. The summed E-state index contributed by atoms with van der Waals surface area (Å²) in [5.41, 5.74) is 2.67. The van der Waals surface area contributed by atoms with Gasteiger partial charge in [0.05, 0.1) is 18.3 Å². The summed E-state index contributed by atoms with van der Waals surface area (Å²) in [4.78, 5) is 0.